The Morgan fingerprint density at radius 2 is 1.85 bits per heavy atom. The molecule has 5 N–H and O–H groups in total. The largest absolute Gasteiger partial charge is 0.461 e. The van der Waals surface area contributed by atoms with E-state index in [1.807, 2.05) is 60.7 Å². The highest BCUT2D eigenvalue weighted by Gasteiger charge is 2.19. The Bertz CT molecular complexity index is 1360. The van der Waals surface area contributed by atoms with Gasteiger partial charge in [-0.3, -0.25) is 9.96 Å². The molecule has 8 heteroatoms. The minimum Gasteiger partial charge on any atom is -0.461 e. The van der Waals surface area contributed by atoms with E-state index in [2.05, 4.69) is 5.32 Å². The van der Waals surface area contributed by atoms with Gasteiger partial charge in [0.05, 0.1) is 11.4 Å². The van der Waals surface area contributed by atoms with Crippen LogP contribution in [0.4, 0.5) is 17.1 Å². The van der Waals surface area contributed by atoms with Gasteiger partial charge in [0.25, 0.3) is 11.3 Å². The van der Waals surface area contributed by atoms with Crippen LogP contribution in [0.3, 0.4) is 0 Å². The number of nitrogens with two attached hydrogens (primary N) is 1. The van der Waals surface area contributed by atoms with Gasteiger partial charge in [0.15, 0.2) is 0 Å². The predicted molar refractivity (Wildman–Crippen MR) is 133 cm³/mol. The van der Waals surface area contributed by atoms with Gasteiger partial charge in [0.1, 0.15) is 17.2 Å². The zero-order valence-electron chi connectivity index (χ0n) is 17.9. The van der Waals surface area contributed by atoms with Crippen molar-refractivity contribution in [3.8, 4) is 0 Å². The van der Waals surface area contributed by atoms with Crippen LogP contribution in [-0.2, 0) is 24.1 Å². The molecule has 0 aliphatic carbocycles. The highest BCUT2D eigenvalue weighted by atomic mass is 32.2. The fourth-order valence-corrected chi connectivity index (χ4v) is 4.80. The van der Waals surface area contributed by atoms with E-state index in [1.165, 1.54) is 4.31 Å². The number of hydrogen-bond donors (Lipinski definition) is 4. The first-order valence-electron chi connectivity index (χ1n) is 10.7. The van der Waals surface area contributed by atoms with Gasteiger partial charge in [0.2, 0.25) is 0 Å². The average Bonchev–Trinajstić information content (AvgIpc) is 3.21. The number of nitrogens with one attached hydrogen (secondary N) is 2. The second kappa shape index (κ2) is 8.73. The zero-order chi connectivity index (χ0) is 22.9. The zero-order valence-corrected chi connectivity index (χ0v) is 18.7. The average molecular weight is 461 g/mol. The Hall–Kier alpha value is -3.62. The normalized spacial score (nSPS) is 13.8. The van der Waals surface area contributed by atoms with Crippen molar-refractivity contribution in [2.75, 3.05) is 16.2 Å². The minimum absolute atomic E-state index is 0.0406. The lowest BCUT2D eigenvalue weighted by Gasteiger charge is -2.24. The molecule has 1 aromatic heterocycles. The topological polar surface area (TPSA) is 116 Å². The summed E-state index contributed by atoms with van der Waals surface area (Å²) >= 11 is -2.24. The van der Waals surface area contributed by atoms with Crippen LogP contribution >= 0.6 is 0 Å². The van der Waals surface area contributed by atoms with Crippen LogP contribution in [0.15, 0.2) is 71.1 Å². The van der Waals surface area contributed by atoms with Gasteiger partial charge in [-0.25, -0.2) is 8.51 Å². The van der Waals surface area contributed by atoms with E-state index in [9.17, 15) is 8.76 Å². The summed E-state index contributed by atoms with van der Waals surface area (Å²) in [6.07, 6.45) is 2.57. The van der Waals surface area contributed by atoms with E-state index in [-0.39, 0.29) is 5.84 Å². The number of nitrogen functional groups attached to an aromatic ring is 1. The molecule has 33 heavy (non-hydrogen) atoms. The molecule has 5 rings (SSSR count). The van der Waals surface area contributed by atoms with Crippen molar-refractivity contribution in [1.29, 1.82) is 5.41 Å². The molecule has 0 amide bonds. The van der Waals surface area contributed by atoms with E-state index in [1.54, 1.807) is 6.07 Å². The Labute approximate surface area is 194 Å². The van der Waals surface area contributed by atoms with Gasteiger partial charge in [-0.1, -0.05) is 24.3 Å². The lowest BCUT2D eigenvalue weighted by atomic mass is 10.0. The fraction of sp³-hybridized carbons (Fsp3) is 0.160. The summed E-state index contributed by atoms with van der Waals surface area (Å²) in [6.45, 7) is 0.945. The molecule has 0 spiro atoms. The highest BCUT2D eigenvalue weighted by Crippen LogP contribution is 2.34. The molecule has 1 unspecified atom stereocenters. The molecule has 0 bridgehead atoms. The van der Waals surface area contributed by atoms with Crippen molar-refractivity contribution >= 4 is 45.1 Å². The number of hydrogen-bond acceptors (Lipinski definition) is 4. The molecule has 0 saturated carbocycles. The lowest BCUT2D eigenvalue weighted by Crippen LogP contribution is -2.20. The molecule has 7 nitrogen and oxygen atoms in total. The van der Waals surface area contributed by atoms with Crippen molar-refractivity contribution in [1.82, 2.24) is 0 Å². The number of rotatable bonds is 6. The molecule has 168 valence electrons. The van der Waals surface area contributed by atoms with E-state index in [0.717, 1.165) is 47.3 Å². The third-order valence-corrected chi connectivity index (χ3v) is 6.58. The first-order chi connectivity index (χ1) is 16.0. The first-order valence-corrected chi connectivity index (χ1v) is 11.8. The second-order valence-corrected chi connectivity index (χ2v) is 8.95. The maximum Gasteiger partial charge on any atom is 0.266 e. The fourth-order valence-electron chi connectivity index (χ4n) is 4.21. The van der Waals surface area contributed by atoms with Crippen molar-refractivity contribution < 1.29 is 13.2 Å². The number of nitrogens with zero attached hydrogens (tertiary/aromatic N) is 1. The van der Waals surface area contributed by atoms with E-state index < -0.39 is 11.3 Å². The quantitative estimate of drug-likeness (QED) is 0.185. The smallest absolute Gasteiger partial charge is 0.266 e. The third-order valence-electron chi connectivity index (χ3n) is 5.85. The standard InChI is InChI=1S/C25H24N4O3S/c26-25(27)17-5-3-16(4-6-17)12-22-14-19-7-8-21(15-24(19)32-22)29(33(30)31)20-9-10-23-18(13-20)2-1-11-28-23/h3-10,13-15,28H,1-2,11-12H2,(H3,26,27)(H,30,31). The van der Waals surface area contributed by atoms with E-state index in [0.29, 0.717) is 28.9 Å². The lowest BCUT2D eigenvalue weighted by molar-refractivity contribution is 0.562. The van der Waals surface area contributed by atoms with Crippen molar-refractivity contribution in [2.24, 2.45) is 5.73 Å². The summed E-state index contributed by atoms with van der Waals surface area (Å²) in [4.78, 5) is 0. The Morgan fingerprint density at radius 3 is 2.61 bits per heavy atom. The summed E-state index contributed by atoms with van der Waals surface area (Å²) in [5.41, 5.74) is 11.4. The van der Waals surface area contributed by atoms with Gasteiger partial charge in [-0.15, -0.1) is 0 Å². The van der Waals surface area contributed by atoms with Crippen molar-refractivity contribution in [2.45, 2.75) is 19.3 Å². The molecule has 0 fully saturated rings. The summed E-state index contributed by atoms with van der Waals surface area (Å²) in [6, 6.07) is 20.8. The molecular weight excluding hydrogens is 436 g/mol. The molecule has 3 aromatic carbocycles. The molecule has 0 radical (unpaired) electrons. The number of anilines is 3. The van der Waals surface area contributed by atoms with Crippen LogP contribution in [0, 0.1) is 5.41 Å². The maximum atomic E-state index is 12.3. The summed E-state index contributed by atoms with van der Waals surface area (Å²) in [7, 11) is 0. The molecular formula is C25H24N4O3S. The monoisotopic (exact) mass is 460 g/mol. The van der Waals surface area contributed by atoms with Gasteiger partial charge in [-0.2, -0.15) is 0 Å². The summed E-state index contributed by atoms with van der Waals surface area (Å²) < 4.78 is 29.8. The first kappa shape index (κ1) is 21.2. The van der Waals surface area contributed by atoms with Crippen LogP contribution in [0.2, 0.25) is 0 Å². The number of aryl methyl sites for hydroxylation is 1. The second-order valence-electron chi connectivity index (χ2n) is 8.12. The number of benzene rings is 3. The summed E-state index contributed by atoms with van der Waals surface area (Å²) in [5.74, 6) is 0.827. The molecule has 4 aromatic rings. The van der Waals surface area contributed by atoms with Crippen LogP contribution in [0.5, 0.6) is 0 Å². The number of fused-ring (bicyclic) bond motifs is 2. The highest BCUT2D eigenvalue weighted by molar-refractivity contribution is 7.81. The molecule has 2 heterocycles. The van der Waals surface area contributed by atoms with Crippen molar-refractivity contribution in [3.05, 3.63) is 89.2 Å². The Morgan fingerprint density at radius 1 is 1.09 bits per heavy atom. The van der Waals surface area contributed by atoms with Gasteiger partial charge in [-0.05, 0) is 60.4 Å². The molecule has 1 aliphatic heterocycles. The van der Waals surface area contributed by atoms with Gasteiger partial charge < -0.3 is 15.5 Å². The molecule has 1 aliphatic rings. The SMILES string of the molecule is N=C(N)c1ccc(Cc2cc3ccc(N(c4ccc5c(c4)CCCN5)S(=O)O)cc3o2)cc1. The Kier molecular flexibility index (Phi) is 5.62. The summed E-state index contributed by atoms with van der Waals surface area (Å²) in [5, 5.41) is 11.8. The van der Waals surface area contributed by atoms with E-state index in [4.69, 9.17) is 15.6 Å². The minimum atomic E-state index is -2.24. The molecule has 1 atom stereocenters. The van der Waals surface area contributed by atoms with Crippen molar-refractivity contribution in [3.63, 3.8) is 0 Å². The number of amidine groups is 1. The van der Waals surface area contributed by atoms with Crippen LogP contribution in [0.25, 0.3) is 11.0 Å². The Balaban J connectivity index is 1.44. The maximum absolute atomic E-state index is 12.3. The van der Waals surface area contributed by atoms with Crippen LogP contribution < -0.4 is 15.4 Å². The van der Waals surface area contributed by atoms with E-state index >= 15 is 0 Å². The van der Waals surface area contributed by atoms with Crippen LogP contribution in [-0.4, -0.2) is 21.1 Å². The van der Waals surface area contributed by atoms with Gasteiger partial charge in [0, 0.05) is 35.7 Å². The number of furan rings is 1. The third kappa shape index (κ3) is 4.35. The van der Waals surface area contributed by atoms with Gasteiger partial charge >= 0.3 is 0 Å². The van der Waals surface area contributed by atoms with Crippen LogP contribution in [0.1, 0.15) is 28.9 Å². The molecule has 0 saturated heterocycles. The predicted octanol–water partition coefficient (Wildman–Crippen LogP) is 4.94.